The Labute approximate surface area is 115 Å². The summed E-state index contributed by atoms with van der Waals surface area (Å²) in [5.41, 5.74) is 1.79. The smallest absolute Gasteiger partial charge is 0.257 e. The molecule has 0 bridgehead atoms. The van der Waals surface area contributed by atoms with E-state index in [1.165, 1.54) is 25.3 Å². The lowest BCUT2D eigenvalue weighted by Gasteiger charge is -2.05. The molecule has 0 fully saturated rings. The van der Waals surface area contributed by atoms with Gasteiger partial charge in [-0.25, -0.2) is 4.98 Å². The number of carbonyl (C=O) groups is 2. The van der Waals surface area contributed by atoms with Gasteiger partial charge in [-0.1, -0.05) is 0 Å². The molecular weight excluding hydrogens is 254 g/mol. The minimum absolute atomic E-state index is 0.0285. The van der Waals surface area contributed by atoms with Crippen molar-refractivity contribution in [1.82, 2.24) is 4.98 Å². The molecule has 0 atom stereocenters. The number of nitrogens with zero attached hydrogens (tertiary/aromatic N) is 2. The summed E-state index contributed by atoms with van der Waals surface area (Å²) >= 11 is 0. The van der Waals surface area contributed by atoms with E-state index < -0.39 is 0 Å². The van der Waals surface area contributed by atoms with Gasteiger partial charge in [0.15, 0.2) is 5.78 Å². The molecule has 0 saturated heterocycles. The normalized spacial score (nSPS) is 9.60. The lowest BCUT2D eigenvalue weighted by Crippen LogP contribution is -2.12. The zero-order valence-corrected chi connectivity index (χ0v) is 10.8. The first kappa shape index (κ1) is 13.4. The van der Waals surface area contributed by atoms with Crippen LogP contribution in [0.15, 0.2) is 42.6 Å². The number of rotatable bonds is 3. The van der Waals surface area contributed by atoms with Crippen molar-refractivity contribution in [3.05, 3.63) is 59.4 Å². The van der Waals surface area contributed by atoms with Crippen molar-refractivity contribution in [2.45, 2.75) is 6.92 Å². The van der Waals surface area contributed by atoms with Gasteiger partial charge in [-0.05, 0) is 43.3 Å². The summed E-state index contributed by atoms with van der Waals surface area (Å²) in [5.74, 6) is -0.350. The Morgan fingerprint density at radius 2 is 1.75 bits per heavy atom. The fourth-order valence-corrected chi connectivity index (χ4v) is 1.59. The molecule has 1 aromatic heterocycles. The van der Waals surface area contributed by atoms with Crippen LogP contribution < -0.4 is 5.32 Å². The second-order valence-electron chi connectivity index (χ2n) is 4.13. The summed E-state index contributed by atoms with van der Waals surface area (Å²) in [5, 5.41) is 11.3. The Morgan fingerprint density at radius 1 is 1.10 bits per heavy atom. The lowest BCUT2D eigenvalue weighted by atomic mass is 10.1. The van der Waals surface area contributed by atoms with Gasteiger partial charge < -0.3 is 5.32 Å². The van der Waals surface area contributed by atoms with E-state index in [-0.39, 0.29) is 17.4 Å². The SMILES string of the molecule is CC(=O)c1ccc(NC(=O)c2ccc(C#N)nc2)cc1. The van der Waals surface area contributed by atoms with Crippen molar-refractivity contribution in [3.8, 4) is 6.07 Å². The van der Waals surface area contributed by atoms with Crippen LogP contribution in [0.1, 0.15) is 33.3 Å². The molecular formula is C15H11N3O2. The Morgan fingerprint density at radius 3 is 2.25 bits per heavy atom. The van der Waals surface area contributed by atoms with Gasteiger partial charge in [0.1, 0.15) is 11.8 Å². The highest BCUT2D eigenvalue weighted by Gasteiger charge is 2.07. The van der Waals surface area contributed by atoms with Crippen LogP contribution in [0.2, 0.25) is 0 Å². The number of nitrogens with one attached hydrogen (secondary N) is 1. The minimum Gasteiger partial charge on any atom is -0.322 e. The molecule has 1 amide bonds. The summed E-state index contributed by atoms with van der Waals surface area (Å²) in [6.45, 7) is 1.48. The largest absolute Gasteiger partial charge is 0.322 e. The molecule has 98 valence electrons. The molecule has 0 saturated carbocycles. The first-order valence-corrected chi connectivity index (χ1v) is 5.88. The third kappa shape index (κ3) is 3.06. The van der Waals surface area contributed by atoms with Crippen molar-refractivity contribution in [2.75, 3.05) is 5.32 Å². The Balaban J connectivity index is 2.10. The Kier molecular flexibility index (Phi) is 3.87. The topological polar surface area (TPSA) is 82.9 Å². The number of nitriles is 1. The molecule has 0 radical (unpaired) electrons. The van der Waals surface area contributed by atoms with E-state index >= 15 is 0 Å². The average Bonchev–Trinajstić information content (AvgIpc) is 2.48. The first-order chi connectivity index (χ1) is 9.60. The Hall–Kier alpha value is -3.00. The predicted octanol–water partition coefficient (Wildman–Crippen LogP) is 2.41. The van der Waals surface area contributed by atoms with E-state index in [1.807, 2.05) is 6.07 Å². The molecule has 20 heavy (non-hydrogen) atoms. The predicted molar refractivity (Wildman–Crippen MR) is 73.4 cm³/mol. The number of amides is 1. The molecule has 1 aromatic carbocycles. The van der Waals surface area contributed by atoms with Gasteiger partial charge in [0.25, 0.3) is 5.91 Å². The van der Waals surface area contributed by atoms with E-state index in [9.17, 15) is 9.59 Å². The van der Waals surface area contributed by atoms with Crippen molar-refractivity contribution in [2.24, 2.45) is 0 Å². The van der Waals surface area contributed by atoms with Gasteiger partial charge in [-0.2, -0.15) is 5.26 Å². The Bertz CT molecular complexity index is 683. The van der Waals surface area contributed by atoms with Crippen LogP contribution in [-0.4, -0.2) is 16.7 Å². The molecule has 0 unspecified atom stereocenters. The van der Waals surface area contributed by atoms with Crippen molar-refractivity contribution >= 4 is 17.4 Å². The fourth-order valence-electron chi connectivity index (χ4n) is 1.59. The van der Waals surface area contributed by atoms with Gasteiger partial charge in [-0.3, -0.25) is 9.59 Å². The van der Waals surface area contributed by atoms with Crippen molar-refractivity contribution < 1.29 is 9.59 Å². The number of hydrogen-bond acceptors (Lipinski definition) is 4. The fraction of sp³-hybridized carbons (Fsp3) is 0.0667. The summed E-state index contributed by atoms with van der Waals surface area (Å²) in [7, 11) is 0. The average molecular weight is 265 g/mol. The quantitative estimate of drug-likeness (QED) is 0.864. The first-order valence-electron chi connectivity index (χ1n) is 5.88. The molecule has 5 heteroatoms. The van der Waals surface area contributed by atoms with Gasteiger partial charge in [0.05, 0.1) is 5.56 Å². The second-order valence-corrected chi connectivity index (χ2v) is 4.13. The summed E-state index contributed by atoms with van der Waals surface area (Å²) in [6, 6.07) is 11.5. The number of benzene rings is 1. The van der Waals surface area contributed by atoms with Crippen molar-refractivity contribution in [3.63, 3.8) is 0 Å². The number of anilines is 1. The molecule has 1 N–H and O–H groups in total. The van der Waals surface area contributed by atoms with Gasteiger partial charge in [0, 0.05) is 17.4 Å². The lowest BCUT2D eigenvalue weighted by molar-refractivity contribution is 0.101. The van der Waals surface area contributed by atoms with Crippen LogP contribution in [0.5, 0.6) is 0 Å². The van der Waals surface area contributed by atoms with E-state index in [0.717, 1.165) is 0 Å². The van der Waals surface area contributed by atoms with Gasteiger partial charge >= 0.3 is 0 Å². The molecule has 0 aliphatic carbocycles. The minimum atomic E-state index is -0.322. The standard InChI is InChI=1S/C15H11N3O2/c1-10(19)11-2-5-13(6-3-11)18-15(20)12-4-7-14(8-16)17-9-12/h2-7,9H,1H3,(H,18,20). The van der Waals surface area contributed by atoms with E-state index in [1.54, 1.807) is 24.3 Å². The molecule has 2 rings (SSSR count). The number of hydrogen-bond donors (Lipinski definition) is 1. The molecule has 0 spiro atoms. The molecule has 5 nitrogen and oxygen atoms in total. The van der Waals surface area contributed by atoms with E-state index in [2.05, 4.69) is 10.3 Å². The highest BCUT2D eigenvalue weighted by atomic mass is 16.1. The van der Waals surface area contributed by atoms with Gasteiger partial charge in [0.2, 0.25) is 0 Å². The summed E-state index contributed by atoms with van der Waals surface area (Å²) in [4.78, 5) is 26.9. The number of Topliss-reactive ketones (excluding diaryl/α,β-unsaturated/α-hetero) is 1. The summed E-state index contributed by atoms with van der Waals surface area (Å²) in [6.07, 6.45) is 1.35. The zero-order chi connectivity index (χ0) is 14.5. The van der Waals surface area contributed by atoms with E-state index in [0.29, 0.717) is 16.8 Å². The number of ketones is 1. The van der Waals surface area contributed by atoms with Crippen LogP contribution in [0.25, 0.3) is 0 Å². The number of carbonyl (C=O) groups excluding carboxylic acids is 2. The highest BCUT2D eigenvalue weighted by Crippen LogP contribution is 2.11. The molecule has 0 aliphatic rings. The van der Waals surface area contributed by atoms with Crippen LogP contribution in [-0.2, 0) is 0 Å². The van der Waals surface area contributed by atoms with Crippen LogP contribution in [0.4, 0.5) is 5.69 Å². The van der Waals surface area contributed by atoms with Crippen LogP contribution in [0, 0.1) is 11.3 Å². The molecule has 0 aliphatic heterocycles. The summed E-state index contributed by atoms with van der Waals surface area (Å²) < 4.78 is 0. The van der Waals surface area contributed by atoms with Crippen molar-refractivity contribution in [1.29, 1.82) is 5.26 Å². The zero-order valence-electron chi connectivity index (χ0n) is 10.8. The number of pyridine rings is 1. The van der Waals surface area contributed by atoms with Crippen LogP contribution >= 0.6 is 0 Å². The third-order valence-corrected chi connectivity index (χ3v) is 2.69. The third-order valence-electron chi connectivity index (χ3n) is 2.69. The molecule has 2 aromatic rings. The second kappa shape index (κ2) is 5.76. The monoisotopic (exact) mass is 265 g/mol. The van der Waals surface area contributed by atoms with Crippen LogP contribution in [0.3, 0.4) is 0 Å². The maximum absolute atomic E-state index is 11.9. The maximum atomic E-state index is 11.9. The highest BCUT2D eigenvalue weighted by molar-refractivity contribution is 6.04. The van der Waals surface area contributed by atoms with Gasteiger partial charge in [-0.15, -0.1) is 0 Å². The maximum Gasteiger partial charge on any atom is 0.257 e. The van der Waals surface area contributed by atoms with E-state index in [4.69, 9.17) is 5.26 Å². The molecule has 1 heterocycles. The number of aromatic nitrogens is 1.